The average molecular weight is 227 g/mol. The number of nitrogens with zero attached hydrogens (tertiary/aromatic N) is 2. The second-order valence-corrected chi connectivity index (χ2v) is 2.78. The number of rotatable bonds is 2. The number of hydrogen-bond acceptors (Lipinski definition) is 2. The Morgan fingerprint density at radius 3 is 3.17 bits per heavy atom. The Morgan fingerprint density at radius 1 is 1.42 bits per heavy atom. The predicted molar refractivity (Wildman–Crippen MR) is 49.6 cm³/mol. The maximum atomic E-state index is 5.24. The van der Waals surface area contributed by atoms with Crippen molar-refractivity contribution in [2.24, 2.45) is 0 Å². The van der Waals surface area contributed by atoms with Crippen molar-refractivity contribution in [2.75, 3.05) is 5.52 Å². The molecule has 0 fully saturated rings. The predicted octanol–water partition coefficient (Wildman–Crippen LogP) is 2.07. The van der Waals surface area contributed by atoms with E-state index >= 15 is 0 Å². The number of halogens is 1. The second-order valence-electron chi connectivity index (χ2n) is 2.32. The highest BCUT2D eigenvalue weighted by atomic mass is 79.9. The van der Waals surface area contributed by atoms with E-state index in [1.165, 1.54) is 0 Å². The average Bonchev–Trinajstić information content (AvgIpc) is 2.51. The van der Waals surface area contributed by atoms with E-state index in [0.717, 1.165) is 11.3 Å². The molecule has 2 heterocycles. The van der Waals surface area contributed by atoms with Crippen molar-refractivity contribution in [3.8, 4) is 5.75 Å². The van der Waals surface area contributed by atoms with E-state index in [2.05, 4.69) is 21.0 Å². The molecule has 2 aromatic rings. The second kappa shape index (κ2) is 3.15. The number of hydrogen-bond donors (Lipinski definition) is 0. The van der Waals surface area contributed by atoms with E-state index in [0.29, 0.717) is 5.52 Å². The molecule has 4 heteroatoms. The first-order valence-electron chi connectivity index (χ1n) is 3.52. The zero-order valence-corrected chi connectivity index (χ0v) is 7.86. The zero-order chi connectivity index (χ0) is 8.39. The van der Waals surface area contributed by atoms with Crippen LogP contribution in [0.4, 0.5) is 0 Å². The molecule has 0 atom stereocenters. The van der Waals surface area contributed by atoms with Gasteiger partial charge in [0.15, 0.2) is 0 Å². The molecule has 0 amide bonds. The molecule has 2 rings (SSSR count). The molecule has 0 bridgehead atoms. The smallest absolute Gasteiger partial charge is 0.143 e. The minimum atomic E-state index is 0.500. The third-order valence-corrected chi connectivity index (χ3v) is 1.82. The fourth-order valence-corrected chi connectivity index (χ4v) is 1.31. The van der Waals surface area contributed by atoms with Gasteiger partial charge < -0.3 is 4.74 Å². The SMILES string of the molecule is BrCOc1ccc2ccnn2c1. The summed E-state index contributed by atoms with van der Waals surface area (Å²) in [5, 5.41) is 4.08. The number of aromatic nitrogens is 2. The van der Waals surface area contributed by atoms with Gasteiger partial charge in [-0.2, -0.15) is 5.10 Å². The number of fused-ring (bicyclic) bond motifs is 1. The monoisotopic (exact) mass is 226 g/mol. The molecule has 0 N–H and O–H groups in total. The van der Waals surface area contributed by atoms with Gasteiger partial charge in [-0.3, -0.25) is 0 Å². The van der Waals surface area contributed by atoms with Gasteiger partial charge in [-0.05, 0) is 34.1 Å². The van der Waals surface area contributed by atoms with Gasteiger partial charge in [0, 0.05) is 6.20 Å². The molecule has 0 aromatic carbocycles. The van der Waals surface area contributed by atoms with Crippen molar-refractivity contribution in [2.45, 2.75) is 0 Å². The van der Waals surface area contributed by atoms with E-state index < -0.39 is 0 Å². The van der Waals surface area contributed by atoms with Crippen molar-refractivity contribution in [3.05, 3.63) is 30.6 Å². The maximum absolute atomic E-state index is 5.24. The maximum Gasteiger partial charge on any atom is 0.143 e. The molecular formula is C8H7BrN2O. The van der Waals surface area contributed by atoms with Crippen LogP contribution in [-0.2, 0) is 0 Å². The van der Waals surface area contributed by atoms with Crippen LogP contribution < -0.4 is 4.74 Å². The first-order valence-corrected chi connectivity index (χ1v) is 4.64. The van der Waals surface area contributed by atoms with E-state index in [9.17, 15) is 0 Å². The molecule has 0 aliphatic carbocycles. The van der Waals surface area contributed by atoms with Gasteiger partial charge in [-0.25, -0.2) is 4.52 Å². The molecule has 62 valence electrons. The quantitative estimate of drug-likeness (QED) is 0.734. The van der Waals surface area contributed by atoms with Crippen molar-refractivity contribution in [3.63, 3.8) is 0 Å². The molecule has 0 aliphatic heterocycles. The van der Waals surface area contributed by atoms with E-state index in [-0.39, 0.29) is 0 Å². The topological polar surface area (TPSA) is 26.5 Å². The number of pyridine rings is 1. The van der Waals surface area contributed by atoms with Crippen LogP contribution >= 0.6 is 15.9 Å². The summed E-state index contributed by atoms with van der Waals surface area (Å²) in [5.74, 6) is 0.808. The van der Waals surface area contributed by atoms with E-state index in [1.54, 1.807) is 10.7 Å². The fourth-order valence-electron chi connectivity index (χ4n) is 1.04. The van der Waals surface area contributed by atoms with Gasteiger partial charge in [-0.15, -0.1) is 0 Å². The minimum absolute atomic E-state index is 0.500. The summed E-state index contributed by atoms with van der Waals surface area (Å²) in [5.41, 5.74) is 1.57. The van der Waals surface area contributed by atoms with Crippen molar-refractivity contribution >= 4 is 21.4 Å². The summed E-state index contributed by atoms with van der Waals surface area (Å²) in [6, 6.07) is 5.82. The molecule has 0 spiro atoms. The Balaban J connectivity index is 2.46. The molecule has 0 aliphatic rings. The van der Waals surface area contributed by atoms with Crippen LogP contribution in [0.1, 0.15) is 0 Å². The Kier molecular flexibility index (Phi) is 1.99. The van der Waals surface area contributed by atoms with Crippen LogP contribution in [0.15, 0.2) is 30.6 Å². The largest absolute Gasteiger partial charge is 0.481 e. The lowest BCUT2D eigenvalue weighted by Crippen LogP contribution is -1.92. The van der Waals surface area contributed by atoms with Gasteiger partial charge in [0.05, 0.1) is 11.7 Å². The van der Waals surface area contributed by atoms with Crippen LogP contribution in [0.5, 0.6) is 5.75 Å². The van der Waals surface area contributed by atoms with Crippen molar-refractivity contribution in [1.29, 1.82) is 0 Å². The van der Waals surface area contributed by atoms with Crippen LogP contribution in [-0.4, -0.2) is 15.1 Å². The van der Waals surface area contributed by atoms with E-state index in [4.69, 9.17) is 4.74 Å². The summed E-state index contributed by atoms with van der Waals surface area (Å²) in [6.07, 6.45) is 3.60. The van der Waals surface area contributed by atoms with Gasteiger partial charge in [-0.1, -0.05) is 0 Å². The summed E-state index contributed by atoms with van der Waals surface area (Å²) < 4.78 is 7.01. The first kappa shape index (κ1) is 7.61. The number of ether oxygens (including phenoxy) is 1. The van der Waals surface area contributed by atoms with E-state index in [1.807, 2.05) is 24.4 Å². The van der Waals surface area contributed by atoms with Gasteiger partial charge in [0.1, 0.15) is 11.3 Å². The normalized spacial score (nSPS) is 10.4. The zero-order valence-electron chi connectivity index (χ0n) is 6.27. The highest BCUT2D eigenvalue weighted by molar-refractivity contribution is 9.09. The molecule has 0 saturated heterocycles. The Hall–Kier alpha value is -1.03. The Morgan fingerprint density at radius 2 is 2.33 bits per heavy atom. The van der Waals surface area contributed by atoms with Gasteiger partial charge in [0.2, 0.25) is 0 Å². The lowest BCUT2D eigenvalue weighted by molar-refractivity contribution is 0.395. The molecule has 0 radical (unpaired) electrons. The molecule has 0 saturated carbocycles. The highest BCUT2D eigenvalue weighted by Gasteiger charge is 1.95. The summed E-state index contributed by atoms with van der Waals surface area (Å²) in [7, 11) is 0. The molecular weight excluding hydrogens is 220 g/mol. The van der Waals surface area contributed by atoms with Crippen LogP contribution in [0.25, 0.3) is 5.52 Å². The third kappa shape index (κ3) is 1.30. The molecule has 3 nitrogen and oxygen atoms in total. The van der Waals surface area contributed by atoms with Gasteiger partial charge in [0.25, 0.3) is 0 Å². The Labute approximate surface area is 78.1 Å². The lowest BCUT2D eigenvalue weighted by atomic mass is 10.4. The van der Waals surface area contributed by atoms with Gasteiger partial charge >= 0.3 is 0 Å². The van der Waals surface area contributed by atoms with Crippen LogP contribution in [0.3, 0.4) is 0 Å². The molecule has 0 unspecified atom stereocenters. The fraction of sp³-hybridized carbons (Fsp3) is 0.125. The molecule has 12 heavy (non-hydrogen) atoms. The minimum Gasteiger partial charge on any atom is -0.481 e. The van der Waals surface area contributed by atoms with Crippen molar-refractivity contribution in [1.82, 2.24) is 9.61 Å². The Bertz CT molecular complexity index is 385. The lowest BCUT2D eigenvalue weighted by Gasteiger charge is -2.01. The third-order valence-electron chi connectivity index (χ3n) is 1.59. The number of alkyl halides is 1. The van der Waals surface area contributed by atoms with Crippen LogP contribution in [0, 0.1) is 0 Å². The van der Waals surface area contributed by atoms with Crippen LogP contribution in [0.2, 0.25) is 0 Å². The molecule has 2 aromatic heterocycles. The van der Waals surface area contributed by atoms with Crippen molar-refractivity contribution < 1.29 is 4.74 Å². The first-order chi connectivity index (χ1) is 5.90. The summed E-state index contributed by atoms with van der Waals surface area (Å²) >= 11 is 3.19. The standard InChI is InChI=1S/C8H7BrN2O/c9-6-12-8-2-1-7-3-4-10-11(7)5-8/h1-5H,6H2. The highest BCUT2D eigenvalue weighted by Crippen LogP contribution is 2.12. The summed E-state index contributed by atoms with van der Waals surface area (Å²) in [6.45, 7) is 0. The summed E-state index contributed by atoms with van der Waals surface area (Å²) in [4.78, 5) is 0.